The molecule has 1 saturated heterocycles. The molecule has 1 rings (SSSR count). The number of hydrogen-bond acceptors (Lipinski definition) is 3. The number of nitrogens with two attached hydrogens (primary N) is 1. The van der Waals surface area contributed by atoms with Crippen LogP contribution in [-0.2, 0) is 11.4 Å². The van der Waals surface area contributed by atoms with E-state index < -0.39 is 11.4 Å². The Hall–Kier alpha value is -0.210. The molecule has 0 bridgehead atoms. The molecule has 0 aromatic carbocycles. The van der Waals surface area contributed by atoms with Crippen LogP contribution >= 0.6 is 0 Å². The van der Waals surface area contributed by atoms with E-state index in [2.05, 4.69) is 10.8 Å². The second-order valence-electron chi connectivity index (χ2n) is 3.01. The average Bonchev–Trinajstić information content (AvgIpc) is 2.06. The zero-order valence-corrected chi connectivity index (χ0v) is 7.85. The summed E-state index contributed by atoms with van der Waals surface area (Å²) in [5.41, 5.74) is 0. The lowest BCUT2D eigenvalue weighted by Crippen LogP contribution is -2.41. The van der Waals surface area contributed by atoms with Crippen LogP contribution in [0.2, 0.25) is 0 Å². The lowest BCUT2D eigenvalue weighted by molar-refractivity contribution is 0.256. The van der Waals surface area contributed by atoms with Crippen LogP contribution < -0.4 is 5.14 Å². The van der Waals surface area contributed by atoms with Crippen LogP contribution in [0, 0.1) is 12.3 Å². The Bertz CT molecular complexity index is 170. The van der Waals surface area contributed by atoms with Gasteiger partial charge in [-0.25, -0.2) is 0 Å². The SMILES string of the molecule is C#CCN1CCC([S+](N)[O-])CC1. The summed E-state index contributed by atoms with van der Waals surface area (Å²) in [6.07, 6.45) is 6.99. The summed E-state index contributed by atoms with van der Waals surface area (Å²) >= 11 is -1.15. The zero-order chi connectivity index (χ0) is 8.97. The van der Waals surface area contributed by atoms with E-state index in [-0.39, 0.29) is 5.25 Å². The molecule has 2 N–H and O–H groups in total. The Morgan fingerprint density at radius 2 is 2.17 bits per heavy atom. The van der Waals surface area contributed by atoms with Crippen molar-refractivity contribution in [1.29, 1.82) is 0 Å². The lowest BCUT2D eigenvalue weighted by Gasteiger charge is -2.29. The fourth-order valence-electron chi connectivity index (χ4n) is 1.43. The third-order valence-electron chi connectivity index (χ3n) is 2.18. The van der Waals surface area contributed by atoms with Gasteiger partial charge in [-0.3, -0.25) is 4.90 Å². The van der Waals surface area contributed by atoms with Gasteiger partial charge in [-0.1, -0.05) is 5.92 Å². The second-order valence-corrected chi connectivity index (χ2v) is 4.33. The molecular weight excluding hydrogens is 172 g/mol. The van der Waals surface area contributed by atoms with Crippen molar-refractivity contribution < 1.29 is 4.55 Å². The average molecular weight is 186 g/mol. The molecule has 1 fully saturated rings. The highest BCUT2D eigenvalue weighted by Gasteiger charge is 2.25. The maximum atomic E-state index is 10.9. The van der Waals surface area contributed by atoms with Crippen LogP contribution in [0.4, 0.5) is 0 Å². The van der Waals surface area contributed by atoms with Gasteiger partial charge in [0, 0.05) is 37.3 Å². The highest BCUT2D eigenvalue weighted by atomic mass is 32.2. The number of rotatable bonds is 2. The summed E-state index contributed by atoms with van der Waals surface area (Å²) in [4.78, 5) is 2.18. The summed E-state index contributed by atoms with van der Waals surface area (Å²) in [6.45, 7) is 2.56. The van der Waals surface area contributed by atoms with Gasteiger partial charge in [0.25, 0.3) is 0 Å². The van der Waals surface area contributed by atoms with Crippen LogP contribution in [0.1, 0.15) is 12.8 Å². The van der Waals surface area contributed by atoms with Crippen molar-refractivity contribution in [3.05, 3.63) is 0 Å². The maximum Gasteiger partial charge on any atom is 0.137 e. The van der Waals surface area contributed by atoms with E-state index in [4.69, 9.17) is 11.6 Å². The monoisotopic (exact) mass is 186 g/mol. The number of nitrogens with zero attached hydrogens (tertiary/aromatic N) is 1. The van der Waals surface area contributed by atoms with E-state index in [1.165, 1.54) is 0 Å². The first-order valence-corrected chi connectivity index (χ1v) is 5.32. The number of hydrogen-bond donors (Lipinski definition) is 1. The minimum absolute atomic E-state index is 0.180. The first-order chi connectivity index (χ1) is 5.74. The van der Waals surface area contributed by atoms with Gasteiger partial charge in [0.1, 0.15) is 5.25 Å². The molecule has 3 nitrogen and oxygen atoms in total. The van der Waals surface area contributed by atoms with Crippen LogP contribution in [-0.4, -0.2) is 34.3 Å². The van der Waals surface area contributed by atoms with Gasteiger partial charge >= 0.3 is 0 Å². The van der Waals surface area contributed by atoms with E-state index in [1.54, 1.807) is 0 Å². The Morgan fingerprint density at radius 3 is 2.58 bits per heavy atom. The van der Waals surface area contributed by atoms with Gasteiger partial charge in [-0.15, -0.1) is 6.42 Å². The molecule has 0 aromatic heterocycles. The van der Waals surface area contributed by atoms with Crippen LogP contribution in [0.25, 0.3) is 0 Å². The van der Waals surface area contributed by atoms with Gasteiger partial charge in [-0.2, -0.15) is 5.14 Å². The van der Waals surface area contributed by atoms with Crippen LogP contribution in [0.15, 0.2) is 0 Å². The first-order valence-electron chi connectivity index (χ1n) is 4.05. The maximum absolute atomic E-state index is 10.9. The predicted octanol–water partition coefficient (Wildman–Crippen LogP) is -0.294. The van der Waals surface area contributed by atoms with E-state index in [0.717, 1.165) is 25.9 Å². The van der Waals surface area contributed by atoms with Crippen LogP contribution in [0.5, 0.6) is 0 Å². The van der Waals surface area contributed by atoms with E-state index in [9.17, 15) is 4.55 Å². The summed E-state index contributed by atoms with van der Waals surface area (Å²) < 4.78 is 10.9. The van der Waals surface area contributed by atoms with E-state index >= 15 is 0 Å². The van der Waals surface area contributed by atoms with Gasteiger partial charge < -0.3 is 4.55 Å². The van der Waals surface area contributed by atoms with Crippen molar-refractivity contribution in [2.75, 3.05) is 19.6 Å². The molecule has 12 heavy (non-hydrogen) atoms. The molecule has 68 valence electrons. The first kappa shape index (κ1) is 9.87. The standard InChI is InChI=1S/C8H14N2OS/c1-2-5-10-6-3-8(4-7-10)12(9)11/h1,8H,3-7,9H2. The second kappa shape index (κ2) is 4.73. The lowest BCUT2D eigenvalue weighted by atomic mass is 10.1. The van der Waals surface area contributed by atoms with Crippen molar-refractivity contribution in [2.24, 2.45) is 5.14 Å². The molecule has 0 saturated carbocycles. The molecule has 0 aromatic rings. The van der Waals surface area contributed by atoms with Crippen molar-refractivity contribution in [1.82, 2.24) is 4.90 Å². The molecule has 1 aliphatic heterocycles. The largest absolute Gasteiger partial charge is 0.598 e. The molecule has 1 unspecified atom stereocenters. The van der Waals surface area contributed by atoms with Gasteiger partial charge in [-0.05, 0) is 0 Å². The third kappa shape index (κ3) is 2.68. The molecule has 0 spiro atoms. The number of terminal acetylenes is 1. The molecule has 4 heteroatoms. The van der Waals surface area contributed by atoms with E-state index in [1.807, 2.05) is 0 Å². The Morgan fingerprint density at radius 1 is 1.58 bits per heavy atom. The highest BCUT2D eigenvalue weighted by molar-refractivity contribution is 7.89. The fraction of sp³-hybridized carbons (Fsp3) is 0.750. The van der Waals surface area contributed by atoms with Crippen molar-refractivity contribution >= 4 is 11.4 Å². The topological polar surface area (TPSA) is 52.3 Å². The summed E-state index contributed by atoms with van der Waals surface area (Å²) in [5.74, 6) is 2.60. The molecule has 0 amide bonds. The molecule has 0 radical (unpaired) electrons. The normalized spacial score (nSPS) is 23.4. The minimum atomic E-state index is -1.15. The van der Waals surface area contributed by atoms with Crippen molar-refractivity contribution in [3.8, 4) is 12.3 Å². The summed E-state index contributed by atoms with van der Waals surface area (Å²) in [5, 5.41) is 5.48. The van der Waals surface area contributed by atoms with E-state index in [0.29, 0.717) is 6.54 Å². The van der Waals surface area contributed by atoms with Crippen molar-refractivity contribution in [3.63, 3.8) is 0 Å². The fourth-order valence-corrected chi connectivity index (χ4v) is 2.10. The summed E-state index contributed by atoms with van der Waals surface area (Å²) in [6, 6.07) is 0. The zero-order valence-electron chi connectivity index (χ0n) is 7.03. The summed E-state index contributed by atoms with van der Waals surface area (Å²) in [7, 11) is 0. The number of piperidine rings is 1. The highest BCUT2D eigenvalue weighted by Crippen LogP contribution is 2.14. The predicted molar refractivity (Wildman–Crippen MR) is 50.6 cm³/mol. The molecule has 1 atom stereocenters. The van der Waals surface area contributed by atoms with Gasteiger partial charge in [0.15, 0.2) is 0 Å². The van der Waals surface area contributed by atoms with Gasteiger partial charge in [0.05, 0.1) is 6.54 Å². The molecule has 1 heterocycles. The Kier molecular flexibility index (Phi) is 3.89. The number of likely N-dealkylation sites (tertiary alicyclic amines) is 1. The van der Waals surface area contributed by atoms with Crippen molar-refractivity contribution in [2.45, 2.75) is 18.1 Å². The molecule has 1 aliphatic rings. The van der Waals surface area contributed by atoms with Crippen LogP contribution in [0.3, 0.4) is 0 Å². The smallest absolute Gasteiger partial charge is 0.137 e. The Labute approximate surface area is 76.6 Å². The quantitative estimate of drug-likeness (QED) is 0.476. The minimum Gasteiger partial charge on any atom is -0.598 e. The third-order valence-corrected chi connectivity index (χ3v) is 3.31. The molecule has 0 aliphatic carbocycles. The Balaban J connectivity index is 2.26. The molecular formula is C8H14N2OS. The van der Waals surface area contributed by atoms with Gasteiger partial charge in [0.2, 0.25) is 0 Å².